The van der Waals surface area contributed by atoms with Crippen LogP contribution in [0, 0.1) is 13.8 Å². The van der Waals surface area contributed by atoms with Crippen molar-refractivity contribution >= 4 is 11.6 Å². The van der Waals surface area contributed by atoms with Gasteiger partial charge in [0.25, 0.3) is 0 Å². The SMILES string of the molecule is CNCc1cc(C)ccc1Oc1ccc(Cl)cc1C. The third-order valence-electron chi connectivity index (χ3n) is 2.94. The smallest absolute Gasteiger partial charge is 0.131 e. The first-order valence-corrected chi connectivity index (χ1v) is 6.66. The maximum Gasteiger partial charge on any atom is 0.131 e. The zero-order valence-corrected chi connectivity index (χ0v) is 12.2. The van der Waals surface area contributed by atoms with E-state index in [9.17, 15) is 0 Å². The number of hydrogen-bond acceptors (Lipinski definition) is 2. The topological polar surface area (TPSA) is 21.3 Å². The monoisotopic (exact) mass is 275 g/mol. The van der Waals surface area contributed by atoms with Crippen LogP contribution >= 0.6 is 11.6 Å². The molecule has 0 heterocycles. The first-order valence-electron chi connectivity index (χ1n) is 6.28. The van der Waals surface area contributed by atoms with Gasteiger partial charge in [0, 0.05) is 17.1 Å². The zero-order chi connectivity index (χ0) is 13.8. The fourth-order valence-corrected chi connectivity index (χ4v) is 2.21. The van der Waals surface area contributed by atoms with Gasteiger partial charge in [-0.05, 0) is 50.7 Å². The first kappa shape index (κ1) is 13.9. The van der Waals surface area contributed by atoms with Crippen molar-refractivity contribution in [1.29, 1.82) is 0 Å². The Labute approximate surface area is 119 Å². The Morgan fingerprint density at radius 1 is 1.05 bits per heavy atom. The van der Waals surface area contributed by atoms with Crippen LogP contribution in [0.4, 0.5) is 0 Å². The molecule has 0 aliphatic heterocycles. The van der Waals surface area contributed by atoms with Gasteiger partial charge in [0.2, 0.25) is 0 Å². The van der Waals surface area contributed by atoms with Crippen LogP contribution in [0.3, 0.4) is 0 Å². The maximum absolute atomic E-state index is 6.00. The molecule has 2 aromatic carbocycles. The van der Waals surface area contributed by atoms with Crippen LogP contribution in [-0.4, -0.2) is 7.05 Å². The van der Waals surface area contributed by atoms with Crippen molar-refractivity contribution in [2.24, 2.45) is 0 Å². The molecule has 3 heteroatoms. The Morgan fingerprint density at radius 3 is 2.47 bits per heavy atom. The predicted octanol–water partition coefficient (Wildman–Crippen LogP) is 4.47. The summed E-state index contributed by atoms with van der Waals surface area (Å²) in [6.07, 6.45) is 0. The van der Waals surface area contributed by atoms with Crippen LogP contribution in [0.25, 0.3) is 0 Å². The van der Waals surface area contributed by atoms with Gasteiger partial charge in [-0.3, -0.25) is 0 Å². The van der Waals surface area contributed by atoms with E-state index in [0.29, 0.717) is 0 Å². The van der Waals surface area contributed by atoms with Crippen LogP contribution in [0.5, 0.6) is 11.5 Å². The van der Waals surface area contributed by atoms with Crippen molar-refractivity contribution in [2.45, 2.75) is 20.4 Å². The Balaban J connectivity index is 2.32. The largest absolute Gasteiger partial charge is 0.457 e. The highest BCUT2D eigenvalue weighted by Crippen LogP contribution is 2.30. The van der Waals surface area contributed by atoms with E-state index in [-0.39, 0.29) is 0 Å². The zero-order valence-electron chi connectivity index (χ0n) is 11.5. The molecule has 0 saturated heterocycles. The van der Waals surface area contributed by atoms with E-state index in [0.717, 1.165) is 34.2 Å². The molecule has 0 aliphatic carbocycles. The number of ether oxygens (including phenoxy) is 1. The Hall–Kier alpha value is -1.51. The summed E-state index contributed by atoms with van der Waals surface area (Å²) >= 11 is 5.96. The van der Waals surface area contributed by atoms with Gasteiger partial charge in [-0.25, -0.2) is 0 Å². The highest BCUT2D eigenvalue weighted by molar-refractivity contribution is 6.30. The van der Waals surface area contributed by atoms with Crippen LogP contribution in [-0.2, 0) is 6.54 Å². The van der Waals surface area contributed by atoms with E-state index < -0.39 is 0 Å². The molecule has 1 N–H and O–H groups in total. The minimum absolute atomic E-state index is 0.726. The average Bonchev–Trinajstić information content (AvgIpc) is 2.36. The fourth-order valence-electron chi connectivity index (χ4n) is 1.98. The van der Waals surface area contributed by atoms with Crippen molar-refractivity contribution in [2.75, 3.05) is 7.05 Å². The average molecular weight is 276 g/mol. The number of halogens is 1. The number of rotatable bonds is 4. The van der Waals surface area contributed by atoms with Gasteiger partial charge in [0.1, 0.15) is 11.5 Å². The normalized spacial score (nSPS) is 10.5. The highest BCUT2D eigenvalue weighted by atomic mass is 35.5. The van der Waals surface area contributed by atoms with Gasteiger partial charge >= 0.3 is 0 Å². The molecule has 0 amide bonds. The van der Waals surface area contributed by atoms with E-state index in [4.69, 9.17) is 16.3 Å². The molecule has 0 aliphatic rings. The van der Waals surface area contributed by atoms with Gasteiger partial charge in [-0.15, -0.1) is 0 Å². The minimum atomic E-state index is 0.726. The highest BCUT2D eigenvalue weighted by Gasteiger charge is 2.07. The molecule has 0 radical (unpaired) electrons. The molecular weight excluding hydrogens is 258 g/mol. The molecule has 0 atom stereocenters. The van der Waals surface area contributed by atoms with Gasteiger partial charge < -0.3 is 10.1 Å². The lowest BCUT2D eigenvalue weighted by molar-refractivity contribution is 0.470. The van der Waals surface area contributed by atoms with E-state index in [1.54, 1.807) is 0 Å². The minimum Gasteiger partial charge on any atom is -0.457 e. The van der Waals surface area contributed by atoms with Crippen molar-refractivity contribution in [3.63, 3.8) is 0 Å². The molecule has 0 aromatic heterocycles. The molecule has 2 rings (SSSR count). The summed E-state index contributed by atoms with van der Waals surface area (Å²) in [5.41, 5.74) is 3.41. The number of benzene rings is 2. The molecule has 0 spiro atoms. The third-order valence-corrected chi connectivity index (χ3v) is 3.18. The molecule has 0 unspecified atom stereocenters. The molecule has 0 saturated carbocycles. The van der Waals surface area contributed by atoms with E-state index in [1.165, 1.54) is 5.56 Å². The van der Waals surface area contributed by atoms with Gasteiger partial charge in [0.05, 0.1) is 0 Å². The van der Waals surface area contributed by atoms with Gasteiger partial charge in [0.15, 0.2) is 0 Å². The predicted molar refractivity (Wildman–Crippen MR) is 80.2 cm³/mol. The van der Waals surface area contributed by atoms with E-state index in [1.807, 2.05) is 38.2 Å². The number of nitrogens with one attached hydrogen (secondary N) is 1. The van der Waals surface area contributed by atoms with Crippen LogP contribution in [0.2, 0.25) is 5.02 Å². The van der Waals surface area contributed by atoms with Crippen molar-refractivity contribution in [3.8, 4) is 11.5 Å². The molecule has 0 fully saturated rings. The second kappa shape index (κ2) is 6.09. The second-order valence-corrected chi connectivity index (χ2v) is 5.09. The van der Waals surface area contributed by atoms with Crippen molar-refractivity contribution < 1.29 is 4.74 Å². The lowest BCUT2D eigenvalue weighted by atomic mass is 10.1. The van der Waals surface area contributed by atoms with Gasteiger partial charge in [-0.2, -0.15) is 0 Å². The van der Waals surface area contributed by atoms with Gasteiger partial charge in [-0.1, -0.05) is 29.3 Å². The molecule has 0 bridgehead atoms. The molecule has 2 aromatic rings. The molecule has 19 heavy (non-hydrogen) atoms. The summed E-state index contributed by atoms with van der Waals surface area (Å²) in [5.74, 6) is 1.72. The Kier molecular flexibility index (Phi) is 4.46. The lowest BCUT2D eigenvalue weighted by Gasteiger charge is -2.13. The summed E-state index contributed by atoms with van der Waals surface area (Å²) in [5, 5.41) is 3.89. The quantitative estimate of drug-likeness (QED) is 0.889. The lowest BCUT2D eigenvalue weighted by Crippen LogP contribution is -2.06. The summed E-state index contributed by atoms with van der Waals surface area (Å²) in [7, 11) is 1.93. The third kappa shape index (κ3) is 3.49. The summed E-state index contributed by atoms with van der Waals surface area (Å²) in [4.78, 5) is 0. The summed E-state index contributed by atoms with van der Waals surface area (Å²) in [6.45, 7) is 4.85. The maximum atomic E-state index is 6.00. The standard InChI is InChI=1S/C16H18ClNO/c1-11-4-6-16(13(8-11)10-18-3)19-15-7-5-14(17)9-12(15)2/h4-9,18H,10H2,1-3H3. The number of aryl methyl sites for hydroxylation is 2. The molecule has 100 valence electrons. The first-order chi connectivity index (χ1) is 9.10. The molecular formula is C16H18ClNO. The Morgan fingerprint density at radius 2 is 1.79 bits per heavy atom. The van der Waals surface area contributed by atoms with Crippen molar-refractivity contribution in [1.82, 2.24) is 5.32 Å². The summed E-state index contributed by atoms with van der Waals surface area (Å²) < 4.78 is 6.00. The van der Waals surface area contributed by atoms with E-state index in [2.05, 4.69) is 24.4 Å². The Bertz CT molecular complexity index is 581. The van der Waals surface area contributed by atoms with Crippen LogP contribution < -0.4 is 10.1 Å². The molecule has 2 nitrogen and oxygen atoms in total. The second-order valence-electron chi connectivity index (χ2n) is 4.65. The van der Waals surface area contributed by atoms with Crippen LogP contribution in [0.15, 0.2) is 36.4 Å². The fraction of sp³-hybridized carbons (Fsp3) is 0.250. The van der Waals surface area contributed by atoms with Crippen molar-refractivity contribution in [3.05, 3.63) is 58.1 Å². The number of hydrogen-bond donors (Lipinski definition) is 1. The van der Waals surface area contributed by atoms with Crippen LogP contribution in [0.1, 0.15) is 16.7 Å². The van der Waals surface area contributed by atoms with E-state index >= 15 is 0 Å². The summed E-state index contributed by atoms with van der Waals surface area (Å²) in [6, 6.07) is 11.9.